The smallest absolute Gasteiger partial charge is 0.257 e. The van der Waals surface area contributed by atoms with Crippen molar-refractivity contribution in [2.75, 3.05) is 19.7 Å². The Morgan fingerprint density at radius 1 is 1.40 bits per heavy atom. The maximum atomic E-state index is 12.7. The summed E-state index contributed by atoms with van der Waals surface area (Å²) in [6.45, 7) is 5.17. The van der Waals surface area contributed by atoms with Gasteiger partial charge in [-0.25, -0.2) is 15.0 Å². The SMILES string of the molecule is Cc1ncc(C(=O)N2CCO[C@H](CCc3cc(=O)[nH]cn3)C2)c(C)n1. The summed E-state index contributed by atoms with van der Waals surface area (Å²) in [6.07, 6.45) is 4.23. The molecule has 3 rings (SSSR count). The molecule has 1 aliphatic rings. The van der Waals surface area contributed by atoms with Gasteiger partial charge in [-0.3, -0.25) is 9.59 Å². The summed E-state index contributed by atoms with van der Waals surface area (Å²) in [5, 5.41) is 0. The predicted octanol–water partition coefficient (Wildman–Crippen LogP) is 0.651. The third kappa shape index (κ3) is 4.27. The zero-order chi connectivity index (χ0) is 17.8. The van der Waals surface area contributed by atoms with E-state index in [0.717, 1.165) is 5.69 Å². The maximum absolute atomic E-state index is 12.7. The molecule has 0 saturated carbocycles. The van der Waals surface area contributed by atoms with E-state index in [2.05, 4.69) is 19.9 Å². The number of aryl methyl sites for hydroxylation is 3. The zero-order valence-corrected chi connectivity index (χ0v) is 14.4. The van der Waals surface area contributed by atoms with Gasteiger partial charge in [0, 0.05) is 31.0 Å². The molecule has 1 amide bonds. The van der Waals surface area contributed by atoms with E-state index in [0.29, 0.717) is 49.6 Å². The molecule has 0 spiro atoms. The fourth-order valence-electron chi connectivity index (χ4n) is 2.90. The van der Waals surface area contributed by atoms with Crippen molar-refractivity contribution in [3.05, 3.63) is 51.7 Å². The molecule has 0 aromatic carbocycles. The van der Waals surface area contributed by atoms with Crippen LogP contribution < -0.4 is 5.56 Å². The Morgan fingerprint density at radius 2 is 2.24 bits per heavy atom. The van der Waals surface area contributed by atoms with Gasteiger partial charge >= 0.3 is 0 Å². The molecular weight excluding hydrogens is 322 g/mol. The number of ether oxygens (including phenoxy) is 1. The van der Waals surface area contributed by atoms with E-state index in [1.165, 1.54) is 12.4 Å². The van der Waals surface area contributed by atoms with E-state index in [4.69, 9.17) is 4.74 Å². The fourth-order valence-corrected chi connectivity index (χ4v) is 2.90. The Hall–Kier alpha value is -2.61. The number of H-pyrrole nitrogens is 1. The van der Waals surface area contributed by atoms with Crippen molar-refractivity contribution < 1.29 is 9.53 Å². The van der Waals surface area contributed by atoms with Gasteiger partial charge in [0.2, 0.25) is 0 Å². The van der Waals surface area contributed by atoms with Crippen LogP contribution >= 0.6 is 0 Å². The Labute approximate surface area is 145 Å². The molecular formula is C17H21N5O3. The molecule has 1 atom stereocenters. The molecule has 0 aliphatic carbocycles. The molecule has 1 N–H and O–H groups in total. The molecule has 8 heteroatoms. The molecule has 0 unspecified atom stereocenters. The van der Waals surface area contributed by atoms with Gasteiger partial charge in [-0.15, -0.1) is 0 Å². The van der Waals surface area contributed by atoms with Crippen molar-refractivity contribution in [2.24, 2.45) is 0 Å². The maximum Gasteiger partial charge on any atom is 0.257 e. The van der Waals surface area contributed by atoms with Crippen LogP contribution in [0.5, 0.6) is 0 Å². The second-order valence-corrected chi connectivity index (χ2v) is 6.10. The number of amides is 1. The van der Waals surface area contributed by atoms with Crippen LogP contribution in [0.2, 0.25) is 0 Å². The lowest BCUT2D eigenvalue weighted by Crippen LogP contribution is -2.46. The van der Waals surface area contributed by atoms with Gasteiger partial charge in [0.25, 0.3) is 11.5 Å². The van der Waals surface area contributed by atoms with Crippen molar-refractivity contribution in [3.63, 3.8) is 0 Å². The van der Waals surface area contributed by atoms with Gasteiger partial charge < -0.3 is 14.6 Å². The number of nitrogens with one attached hydrogen (secondary N) is 1. The highest BCUT2D eigenvalue weighted by Gasteiger charge is 2.26. The second kappa shape index (κ2) is 7.52. The van der Waals surface area contributed by atoms with Crippen LogP contribution in [-0.2, 0) is 11.2 Å². The monoisotopic (exact) mass is 343 g/mol. The van der Waals surface area contributed by atoms with E-state index in [9.17, 15) is 9.59 Å². The number of aromatic nitrogens is 4. The fraction of sp³-hybridized carbons (Fsp3) is 0.471. The molecule has 1 fully saturated rings. The molecule has 1 saturated heterocycles. The van der Waals surface area contributed by atoms with Crippen molar-refractivity contribution in [1.29, 1.82) is 0 Å². The average Bonchev–Trinajstić information content (AvgIpc) is 2.60. The Balaban J connectivity index is 1.62. The number of aromatic amines is 1. The molecule has 2 aromatic heterocycles. The topological polar surface area (TPSA) is 101 Å². The van der Waals surface area contributed by atoms with Crippen LogP contribution in [0.25, 0.3) is 0 Å². The van der Waals surface area contributed by atoms with Crippen LogP contribution in [0.4, 0.5) is 0 Å². The number of nitrogens with zero attached hydrogens (tertiary/aromatic N) is 4. The van der Waals surface area contributed by atoms with Crippen LogP contribution in [0, 0.1) is 13.8 Å². The number of carbonyl (C=O) groups excluding carboxylic acids is 1. The summed E-state index contributed by atoms with van der Waals surface area (Å²) in [6, 6.07) is 1.48. The Kier molecular flexibility index (Phi) is 5.18. The first-order chi connectivity index (χ1) is 12.0. The first-order valence-corrected chi connectivity index (χ1v) is 8.27. The van der Waals surface area contributed by atoms with Gasteiger partial charge in [0.1, 0.15) is 5.82 Å². The van der Waals surface area contributed by atoms with Gasteiger partial charge in [-0.2, -0.15) is 0 Å². The number of rotatable bonds is 4. The molecule has 2 aromatic rings. The normalized spacial score (nSPS) is 17.5. The summed E-state index contributed by atoms with van der Waals surface area (Å²) in [5.74, 6) is 0.583. The van der Waals surface area contributed by atoms with Crippen molar-refractivity contribution in [1.82, 2.24) is 24.8 Å². The molecule has 8 nitrogen and oxygen atoms in total. The lowest BCUT2D eigenvalue weighted by atomic mass is 10.1. The highest BCUT2D eigenvalue weighted by atomic mass is 16.5. The molecule has 25 heavy (non-hydrogen) atoms. The van der Waals surface area contributed by atoms with Gasteiger partial charge in [-0.1, -0.05) is 0 Å². The lowest BCUT2D eigenvalue weighted by Gasteiger charge is -2.33. The molecule has 3 heterocycles. The summed E-state index contributed by atoms with van der Waals surface area (Å²) >= 11 is 0. The van der Waals surface area contributed by atoms with Crippen LogP contribution in [0.1, 0.15) is 34.0 Å². The summed E-state index contributed by atoms with van der Waals surface area (Å²) < 4.78 is 5.76. The van der Waals surface area contributed by atoms with Crippen molar-refractivity contribution in [3.8, 4) is 0 Å². The lowest BCUT2D eigenvalue weighted by molar-refractivity contribution is -0.0247. The number of carbonyl (C=O) groups is 1. The highest BCUT2D eigenvalue weighted by molar-refractivity contribution is 5.95. The number of hydrogen-bond donors (Lipinski definition) is 1. The zero-order valence-electron chi connectivity index (χ0n) is 14.4. The Morgan fingerprint density at radius 3 is 3.00 bits per heavy atom. The summed E-state index contributed by atoms with van der Waals surface area (Å²) in [5.41, 5.74) is 1.77. The van der Waals surface area contributed by atoms with Gasteiger partial charge in [0.05, 0.1) is 30.3 Å². The minimum absolute atomic E-state index is 0.0694. The third-order valence-corrected chi connectivity index (χ3v) is 4.21. The molecule has 0 bridgehead atoms. The van der Waals surface area contributed by atoms with E-state index in [1.807, 2.05) is 6.92 Å². The standard InChI is InChI=1S/C17H21N5O3/c1-11-15(8-18-12(2)21-11)17(24)22-5-6-25-14(9-22)4-3-13-7-16(23)20-10-19-13/h7-8,10,14H,3-6,9H2,1-2H3,(H,19,20,23)/t14-/m1/s1. The van der Waals surface area contributed by atoms with Crippen molar-refractivity contribution in [2.45, 2.75) is 32.8 Å². The average molecular weight is 343 g/mol. The number of hydrogen-bond acceptors (Lipinski definition) is 6. The predicted molar refractivity (Wildman–Crippen MR) is 90.3 cm³/mol. The van der Waals surface area contributed by atoms with Crippen LogP contribution in [0.3, 0.4) is 0 Å². The molecule has 1 aliphatic heterocycles. The van der Waals surface area contributed by atoms with E-state index >= 15 is 0 Å². The number of morpholine rings is 1. The third-order valence-electron chi connectivity index (χ3n) is 4.21. The van der Waals surface area contributed by atoms with Crippen LogP contribution in [0.15, 0.2) is 23.4 Å². The second-order valence-electron chi connectivity index (χ2n) is 6.10. The minimum atomic E-state index is -0.166. The van der Waals surface area contributed by atoms with E-state index in [-0.39, 0.29) is 17.6 Å². The molecule has 0 radical (unpaired) electrons. The van der Waals surface area contributed by atoms with Gasteiger partial charge in [0.15, 0.2) is 0 Å². The van der Waals surface area contributed by atoms with Crippen molar-refractivity contribution >= 4 is 5.91 Å². The van der Waals surface area contributed by atoms with E-state index < -0.39 is 0 Å². The molecule has 132 valence electrons. The largest absolute Gasteiger partial charge is 0.375 e. The first-order valence-electron chi connectivity index (χ1n) is 8.27. The minimum Gasteiger partial charge on any atom is -0.375 e. The highest BCUT2D eigenvalue weighted by Crippen LogP contribution is 2.15. The first kappa shape index (κ1) is 17.2. The van der Waals surface area contributed by atoms with Gasteiger partial charge in [-0.05, 0) is 26.7 Å². The summed E-state index contributed by atoms with van der Waals surface area (Å²) in [7, 11) is 0. The quantitative estimate of drug-likeness (QED) is 0.875. The van der Waals surface area contributed by atoms with Crippen LogP contribution in [-0.4, -0.2) is 56.5 Å². The Bertz CT molecular complexity index is 820. The summed E-state index contributed by atoms with van der Waals surface area (Å²) in [4.78, 5) is 40.8. The van der Waals surface area contributed by atoms with E-state index in [1.54, 1.807) is 18.0 Å².